The molecule has 128 valence electrons. The lowest BCUT2D eigenvalue weighted by Gasteiger charge is -2.13. The van der Waals surface area contributed by atoms with Crippen LogP contribution in [0.5, 0.6) is 5.75 Å². The van der Waals surface area contributed by atoms with Gasteiger partial charge >= 0.3 is 0 Å². The van der Waals surface area contributed by atoms with E-state index in [0.29, 0.717) is 6.61 Å². The average molecular weight is 397 g/mol. The summed E-state index contributed by atoms with van der Waals surface area (Å²) in [5, 5.41) is 3.46. The fourth-order valence-corrected chi connectivity index (χ4v) is 2.92. The van der Waals surface area contributed by atoms with Gasteiger partial charge in [0, 0.05) is 35.5 Å². The van der Waals surface area contributed by atoms with Crippen LogP contribution in [0.4, 0.5) is 0 Å². The van der Waals surface area contributed by atoms with Crippen LogP contribution in [0.3, 0.4) is 0 Å². The van der Waals surface area contributed by atoms with Gasteiger partial charge in [0.25, 0.3) is 0 Å². The number of aryl methyl sites for hydroxylation is 1. The number of hydrogen-bond acceptors (Lipinski definition) is 3. The van der Waals surface area contributed by atoms with E-state index in [-0.39, 0.29) is 0 Å². The number of pyridine rings is 1. The molecular formula is C21H21BrN2O. The van der Waals surface area contributed by atoms with Gasteiger partial charge in [0.2, 0.25) is 0 Å². The number of hydrogen-bond donors (Lipinski definition) is 1. The zero-order chi connectivity index (χ0) is 17.5. The maximum Gasteiger partial charge on any atom is 0.124 e. The van der Waals surface area contributed by atoms with Crippen molar-refractivity contribution in [2.75, 3.05) is 0 Å². The molecule has 0 saturated heterocycles. The molecular weight excluding hydrogens is 376 g/mol. The number of halogens is 1. The molecule has 0 fully saturated rings. The average Bonchev–Trinajstić information content (AvgIpc) is 2.63. The van der Waals surface area contributed by atoms with E-state index in [9.17, 15) is 0 Å². The Labute approximate surface area is 157 Å². The summed E-state index contributed by atoms with van der Waals surface area (Å²) in [4.78, 5) is 4.04. The van der Waals surface area contributed by atoms with Gasteiger partial charge in [-0.2, -0.15) is 0 Å². The Morgan fingerprint density at radius 2 is 1.68 bits per heavy atom. The van der Waals surface area contributed by atoms with Crippen LogP contribution in [-0.2, 0) is 19.7 Å². The van der Waals surface area contributed by atoms with Crippen molar-refractivity contribution in [1.82, 2.24) is 10.3 Å². The molecule has 0 unspecified atom stereocenters. The largest absolute Gasteiger partial charge is 0.489 e. The van der Waals surface area contributed by atoms with Gasteiger partial charge in [-0.3, -0.25) is 4.98 Å². The van der Waals surface area contributed by atoms with Gasteiger partial charge in [-0.1, -0.05) is 45.8 Å². The lowest BCUT2D eigenvalue weighted by molar-refractivity contribution is 0.302. The standard InChI is InChI=1S/C21H21BrN2O/c1-16-2-4-18(5-3-16)15-25-21-7-6-20(22)12-19(21)14-24-13-17-8-10-23-11-9-17/h2-12,24H,13-15H2,1H3. The highest BCUT2D eigenvalue weighted by atomic mass is 79.9. The van der Waals surface area contributed by atoms with Crippen molar-refractivity contribution in [3.63, 3.8) is 0 Å². The second-order valence-corrected chi connectivity index (χ2v) is 6.90. The number of benzene rings is 2. The van der Waals surface area contributed by atoms with Crippen LogP contribution in [0, 0.1) is 6.92 Å². The number of nitrogens with zero attached hydrogens (tertiary/aromatic N) is 1. The molecule has 0 spiro atoms. The predicted molar refractivity (Wildman–Crippen MR) is 104 cm³/mol. The smallest absolute Gasteiger partial charge is 0.124 e. The second-order valence-electron chi connectivity index (χ2n) is 5.99. The van der Waals surface area contributed by atoms with Gasteiger partial charge in [0.15, 0.2) is 0 Å². The van der Waals surface area contributed by atoms with E-state index < -0.39 is 0 Å². The first-order valence-electron chi connectivity index (χ1n) is 8.27. The van der Waals surface area contributed by atoms with Gasteiger partial charge < -0.3 is 10.1 Å². The van der Waals surface area contributed by atoms with Crippen molar-refractivity contribution in [3.05, 3.63) is 93.7 Å². The van der Waals surface area contributed by atoms with Crippen LogP contribution in [0.15, 0.2) is 71.5 Å². The summed E-state index contributed by atoms with van der Waals surface area (Å²) in [5.41, 5.74) is 4.78. The van der Waals surface area contributed by atoms with Crippen LogP contribution < -0.4 is 10.1 Å². The number of rotatable bonds is 7. The minimum atomic E-state index is 0.569. The fourth-order valence-electron chi connectivity index (χ4n) is 2.51. The van der Waals surface area contributed by atoms with E-state index in [2.05, 4.69) is 63.5 Å². The third-order valence-corrected chi connectivity index (χ3v) is 4.42. The third kappa shape index (κ3) is 5.41. The molecule has 0 aliphatic carbocycles. The minimum absolute atomic E-state index is 0.569. The maximum absolute atomic E-state index is 6.05. The van der Waals surface area contributed by atoms with Gasteiger partial charge in [0.05, 0.1) is 0 Å². The summed E-state index contributed by atoms with van der Waals surface area (Å²) in [6, 6.07) is 18.6. The van der Waals surface area contributed by atoms with Crippen molar-refractivity contribution in [2.45, 2.75) is 26.6 Å². The summed E-state index contributed by atoms with van der Waals surface area (Å²) in [5.74, 6) is 0.908. The monoisotopic (exact) mass is 396 g/mol. The first kappa shape index (κ1) is 17.6. The molecule has 4 heteroatoms. The zero-order valence-corrected chi connectivity index (χ0v) is 15.8. The highest BCUT2D eigenvalue weighted by molar-refractivity contribution is 9.10. The molecule has 3 nitrogen and oxygen atoms in total. The third-order valence-electron chi connectivity index (χ3n) is 3.93. The van der Waals surface area contributed by atoms with Gasteiger partial charge in [0.1, 0.15) is 12.4 Å². The molecule has 0 atom stereocenters. The Morgan fingerprint density at radius 3 is 2.44 bits per heavy atom. The molecule has 1 heterocycles. The van der Waals surface area contributed by atoms with E-state index in [4.69, 9.17) is 4.74 Å². The molecule has 0 bridgehead atoms. The molecule has 0 radical (unpaired) electrons. The number of ether oxygens (including phenoxy) is 1. The maximum atomic E-state index is 6.05. The van der Waals surface area contributed by atoms with Crippen molar-refractivity contribution in [1.29, 1.82) is 0 Å². The molecule has 25 heavy (non-hydrogen) atoms. The summed E-state index contributed by atoms with van der Waals surface area (Å²) in [7, 11) is 0. The first-order valence-corrected chi connectivity index (χ1v) is 9.06. The van der Waals surface area contributed by atoms with Crippen molar-refractivity contribution < 1.29 is 4.74 Å². The highest BCUT2D eigenvalue weighted by Gasteiger charge is 2.06. The molecule has 0 amide bonds. The topological polar surface area (TPSA) is 34.1 Å². The van der Waals surface area contributed by atoms with Crippen LogP contribution in [0.25, 0.3) is 0 Å². The van der Waals surface area contributed by atoms with Gasteiger partial charge in [-0.15, -0.1) is 0 Å². The fraction of sp³-hybridized carbons (Fsp3) is 0.190. The molecule has 0 aliphatic heterocycles. The Bertz CT molecular complexity index is 804. The first-order chi connectivity index (χ1) is 12.2. The predicted octanol–water partition coefficient (Wildman–Crippen LogP) is 5.02. The van der Waals surface area contributed by atoms with E-state index in [1.807, 2.05) is 36.7 Å². The normalized spacial score (nSPS) is 10.6. The van der Waals surface area contributed by atoms with E-state index >= 15 is 0 Å². The summed E-state index contributed by atoms with van der Waals surface area (Å²) < 4.78 is 7.10. The second kappa shape index (κ2) is 8.79. The summed E-state index contributed by atoms with van der Waals surface area (Å²) >= 11 is 3.55. The number of nitrogens with one attached hydrogen (secondary N) is 1. The van der Waals surface area contributed by atoms with Gasteiger partial charge in [-0.25, -0.2) is 0 Å². The Morgan fingerprint density at radius 1 is 0.920 bits per heavy atom. The summed E-state index contributed by atoms with van der Waals surface area (Å²) in [6.45, 7) is 4.20. The van der Waals surface area contributed by atoms with Crippen LogP contribution in [0.2, 0.25) is 0 Å². The van der Waals surface area contributed by atoms with Crippen molar-refractivity contribution in [2.24, 2.45) is 0 Å². The lowest BCUT2D eigenvalue weighted by Crippen LogP contribution is -2.13. The molecule has 2 aromatic carbocycles. The quantitative estimate of drug-likeness (QED) is 0.608. The molecule has 0 saturated carbocycles. The van der Waals surface area contributed by atoms with Crippen LogP contribution in [0.1, 0.15) is 22.3 Å². The van der Waals surface area contributed by atoms with Crippen LogP contribution >= 0.6 is 15.9 Å². The highest BCUT2D eigenvalue weighted by Crippen LogP contribution is 2.24. The minimum Gasteiger partial charge on any atom is -0.489 e. The summed E-state index contributed by atoms with van der Waals surface area (Å²) in [6.07, 6.45) is 3.62. The molecule has 0 aliphatic rings. The molecule has 3 aromatic rings. The van der Waals surface area contributed by atoms with E-state index in [0.717, 1.165) is 28.9 Å². The van der Waals surface area contributed by atoms with Crippen LogP contribution in [-0.4, -0.2) is 4.98 Å². The molecule has 1 aromatic heterocycles. The SMILES string of the molecule is Cc1ccc(COc2ccc(Br)cc2CNCc2ccncc2)cc1. The molecule has 3 rings (SSSR count). The Kier molecular flexibility index (Phi) is 6.20. The molecule has 1 N–H and O–H groups in total. The van der Waals surface area contributed by atoms with E-state index in [1.54, 1.807) is 0 Å². The Balaban J connectivity index is 1.62. The number of aromatic nitrogens is 1. The lowest BCUT2D eigenvalue weighted by atomic mass is 10.1. The Hall–Kier alpha value is -2.17. The zero-order valence-electron chi connectivity index (χ0n) is 14.2. The van der Waals surface area contributed by atoms with E-state index in [1.165, 1.54) is 16.7 Å². The van der Waals surface area contributed by atoms with Crippen molar-refractivity contribution in [3.8, 4) is 5.75 Å². The van der Waals surface area contributed by atoms with Crippen molar-refractivity contribution >= 4 is 15.9 Å². The van der Waals surface area contributed by atoms with Gasteiger partial charge in [-0.05, 0) is 48.4 Å².